The van der Waals surface area contributed by atoms with Gasteiger partial charge >= 0.3 is 0 Å². The van der Waals surface area contributed by atoms with Crippen LogP contribution in [0.4, 0.5) is 0 Å². The molecule has 1 unspecified atom stereocenters. The zero-order valence-corrected chi connectivity index (χ0v) is 12.5. The van der Waals surface area contributed by atoms with Crippen LogP contribution in [-0.2, 0) is 7.05 Å². The molecule has 1 rings (SSSR count). The van der Waals surface area contributed by atoms with Crippen molar-refractivity contribution in [3.05, 3.63) is 18.0 Å². The van der Waals surface area contributed by atoms with Crippen LogP contribution in [0, 0.1) is 0 Å². The number of hydrogen-bond acceptors (Lipinski definition) is 3. The average molecular weight is 252 g/mol. The second kappa shape index (κ2) is 7.54. The lowest BCUT2D eigenvalue weighted by Gasteiger charge is -2.21. The number of hydrogen-bond donors (Lipinski definition) is 1. The maximum Gasteiger partial charge on any atom is 0.0547 e. The fraction of sp³-hybridized carbons (Fsp3) is 0.786. The summed E-state index contributed by atoms with van der Waals surface area (Å²) in [5.41, 5.74) is 1.24. The molecule has 0 bridgehead atoms. The summed E-state index contributed by atoms with van der Waals surface area (Å²) in [4.78, 5) is 2.39. The summed E-state index contributed by atoms with van der Waals surface area (Å²) in [5.74, 6) is 0. The van der Waals surface area contributed by atoms with Crippen LogP contribution in [0.25, 0.3) is 0 Å². The summed E-state index contributed by atoms with van der Waals surface area (Å²) in [6, 6.07) is 3.09. The number of aromatic nitrogens is 2. The molecular formula is C14H28N4. The summed E-state index contributed by atoms with van der Waals surface area (Å²) >= 11 is 0. The minimum absolute atomic E-state index is 0.375. The molecule has 0 aromatic carbocycles. The van der Waals surface area contributed by atoms with Gasteiger partial charge in [0, 0.05) is 25.3 Å². The number of nitrogens with zero attached hydrogens (tertiary/aromatic N) is 3. The summed E-state index contributed by atoms with van der Waals surface area (Å²) < 4.78 is 1.93. The molecule has 0 spiro atoms. The SMILES string of the molecule is CC(NCCCCN(C)C(C)C)c1ccnn1C. The first kappa shape index (κ1) is 15.2. The zero-order chi connectivity index (χ0) is 13.5. The predicted octanol–water partition coefficient (Wildman–Crippen LogP) is 2.19. The van der Waals surface area contributed by atoms with E-state index in [0.717, 1.165) is 6.54 Å². The van der Waals surface area contributed by atoms with Crippen molar-refractivity contribution in [2.24, 2.45) is 7.05 Å². The maximum absolute atomic E-state index is 4.19. The molecule has 1 aromatic heterocycles. The van der Waals surface area contributed by atoms with E-state index in [4.69, 9.17) is 0 Å². The highest BCUT2D eigenvalue weighted by Crippen LogP contribution is 2.10. The van der Waals surface area contributed by atoms with Crippen LogP contribution >= 0.6 is 0 Å². The minimum atomic E-state index is 0.375. The van der Waals surface area contributed by atoms with Gasteiger partial charge in [-0.3, -0.25) is 4.68 Å². The first-order valence-corrected chi connectivity index (χ1v) is 6.94. The van der Waals surface area contributed by atoms with Crippen molar-refractivity contribution in [2.45, 2.75) is 45.7 Å². The first-order chi connectivity index (χ1) is 8.52. The van der Waals surface area contributed by atoms with E-state index in [1.54, 1.807) is 0 Å². The fourth-order valence-electron chi connectivity index (χ4n) is 1.98. The van der Waals surface area contributed by atoms with Crippen LogP contribution in [0.1, 0.15) is 45.3 Å². The lowest BCUT2D eigenvalue weighted by Crippen LogP contribution is -2.28. The Bertz CT molecular complexity index is 332. The lowest BCUT2D eigenvalue weighted by atomic mass is 10.2. The fourth-order valence-corrected chi connectivity index (χ4v) is 1.98. The van der Waals surface area contributed by atoms with Gasteiger partial charge in [0.1, 0.15) is 0 Å². The molecule has 0 aliphatic heterocycles. The van der Waals surface area contributed by atoms with E-state index in [2.05, 4.69) is 49.2 Å². The molecule has 0 aliphatic rings. The summed E-state index contributed by atoms with van der Waals surface area (Å²) in [6.45, 7) is 8.92. The molecule has 0 amide bonds. The lowest BCUT2D eigenvalue weighted by molar-refractivity contribution is 0.267. The Morgan fingerprint density at radius 1 is 1.33 bits per heavy atom. The molecule has 4 nitrogen and oxygen atoms in total. The van der Waals surface area contributed by atoms with Crippen LogP contribution in [0.15, 0.2) is 12.3 Å². The van der Waals surface area contributed by atoms with E-state index in [0.29, 0.717) is 12.1 Å². The van der Waals surface area contributed by atoms with E-state index >= 15 is 0 Å². The van der Waals surface area contributed by atoms with Gasteiger partial charge in [-0.25, -0.2) is 0 Å². The minimum Gasteiger partial charge on any atom is -0.309 e. The summed E-state index contributed by atoms with van der Waals surface area (Å²) in [6.07, 6.45) is 4.32. The Morgan fingerprint density at radius 2 is 2.06 bits per heavy atom. The van der Waals surface area contributed by atoms with E-state index in [1.165, 1.54) is 25.1 Å². The van der Waals surface area contributed by atoms with E-state index in [9.17, 15) is 0 Å². The molecule has 1 aromatic rings. The van der Waals surface area contributed by atoms with Gasteiger partial charge in [-0.15, -0.1) is 0 Å². The maximum atomic E-state index is 4.19. The third kappa shape index (κ3) is 4.78. The molecule has 1 heterocycles. The predicted molar refractivity (Wildman–Crippen MR) is 76.6 cm³/mol. The van der Waals surface area contributed by atoms with Gasteiger partial charge in [0.05, 0.1) is 5.69 Å². The normalized spacial score (nSPS) is 13.5. The standard InChI is InChI=1S/C14H28N4/c1-12(2)17(4)11-7-6-9-15-13(3)14-8-10-16-18(14)5/h8,10,12-13,15H,6-7,9,11H2,1-5H3. The molecule has 1 atom stereocenters. The van der Waals surface area contributed by atoms with Gasteiger partial charge < -0.3 is 10.2 Å². The van der Waals surface area contributed by atoms with Crippen molar-refractivity contribution >= 4 is 0 Å². The third-order valence-corrected chi connectivity index (χ3v) is 3.57. The van der Waals surface area contributed by atoms with Crippen LogP contribution < -0.4 is 5.32 Å². The van der Waals surface area contributed by atoms with E-state index in [-0.39, 0.29) is 0 Å². The second-order valence-corrected chi connectivity index (χ2v) is 5.34. The topological polar surface area (TPSA) is 33.1 Å². The number of rotatable bonds is 8. The Morgan fingerprint density at radius 3 is 2.61 bits per heavy atom. The molecule has 0 radical (unpaired) electrons. The van der Waals surface area contributed by atoms with Gasteiger partial charge in [-0.2, -0.15) is 5.10 Å². The van der Waals surface area contributed by atoms with Crippen LogP contribution in [0.3, 0.4) is 0 Å². The highest BCUT2D eigenvalue weighted by atomic mass is 15.3. The highest BCUT2D eigenvalue weighted by molar-refractivity contribution is 5.04. The van der Waals surface area contributed by atoms with Gasteiger partial charge in [0.15, 0.2) is 0 Å². The van der Waals surface area contributed by atoms with Crippen molar-refractivity contribution in [1.29, 1.82) is 0 Å². The highest BCUT2D eigenvalue weighted by Gasteiger charge is 2.08. The Labute approximate surface area is 111 Å². The Kier molecular flexibility index (Phi) is 6.36. The van der Waals surface area contributed by atoms with Gasteiger partial charge in [0.25, 0.3) is 0 Å². The molecule has 0 fully saturated rings. The average Bonchev–Trinajstić information content (AvgIpc) is 2.74. The van der Waals surface area contributed by atoms with Crippen molar-refractivity contribution < 1.29 is 0 Å². The molecule has 0 saturated carbocycles. The molecule has 104 valence electrons. The Hall–Kier alpha value is -0.870. The van der Waals surface area contributed by atoms with Gasteiger partial charge in [-0.1, -0.05) is 0 Å². The molecular weight excluding hydrogens is 224 g/mol. The molecule has 0 aliphatic carbocycles. The van der Waals surface area contributed by atoms with Crippen molar-refractivity contribution in [1.82, 2.24) is 20.0 Å². The molecule has 1 N–H and O–H groups in total. The molecule has 0 saturated heterocycles. The quantitative estimate of drug-likeness (QED) is 0.720. The monoisotopic (exact) mass is 252 g/mol. The number of nitrogens with one attached hydrogen (secondary N) is 1. The Balaban J connectivity index is 2.13. The van der Waals surface area contributed by atoms with Crippen molar-refractivity contribution in [3.63, 3.8) is 0 Å². The summed E-state index contributed by atoms with van der Waals surface area (Å²) in [7, 11) is 4.18. The smallest absolute Gasteiger partial charge is 0.0547 e. The third-order valence-electron chi connectivity index (χ3n) is 3.57. The van der Waals surface area contributed by atoms with Gasteiger partial charge in [0.2, 0.25) is 0 Å². The second-order valence-electron chi connectivity index (χ2n) is 5.34. The zero-order valence-electron chi connectivity index (χ0n) is 12.5. The summed E-state index contributed by atoms with van der Waals surface area (Å²) in [5, 5.41) is 7.74. The van der Waals surface area contributed by atoms with Crippen molar-refractivity contribution in [2.75, 3.05) is 20.1 Å². The number of unbranched alkanes of at least 4 members (excludes halogenated alkanes) is 1. The largest absolute Gasteiger partial charge is 0.309 e. The van der Waals surface area contributed by atoms with Crippen LogP contribution in [0.5, 0.6) is 0 Å². The van der Waals surface area contributed by atoms with Crippen LogP contribution in [0.2, 0.25) is 0 Å². The molecule has 4 heteroatoms. The van der Waals surface area contributed by atoms with Gasteiger partial charge in [-0.05, 0) is 59.8 Å². The van der Waals surface area contributed by atoms with E-state index < -0.39 is 0 Å². The number of aryl methyl sites for hydroxylation is 1. The first-order valence-electron chi connectivity index (χ1n) is 6.94. The van der Waals surface area contributed by atoms with E-state index in [1.807, 2.05) is 17.9 Å². The van der Waals surface area contributed by atoms with Crippen molar-refractivity contribution in [3.8, 4) is 0 Å². The molecule has 18 heavy (non-hydrogen) atoms. The van der Waals surface area contributed by atoms with Crippen LogP contribution in [-0.4, -0.2) is 40.9 Å².